The van der Waals surface area contributed by atoms with Crippen molar-refractivity contribution in [3.8, 4) is 11.5 Å². The van der Waals surface area contributed by atoms with E-state index >= 15 is 0 Å². The molecule has 1 aliphatic carbocycles. The van der Waals surface area contributed by atoms with Crippen molar-refractivity contribution in [3.05, 3.63) is 95.0 Å². The summed E-state index contributed by atoms with van der Waals surface area (Å²) in [5.41, 5.74) is 7.27. The monoisotopic (exact) mass is 504 g/mol. The Hall–Kier alpha value is -3.02. The van der Waals surface area contributed by atoms with E-state index in [1.54, 1.807) is 18.2 Å². The molecule has 5 nitrogen and oxygen atoms in total. The van der Waals surface area contributed by atoms with Crippen molar-refractivity contribution in [3.63, 3.8) is 0 Å². The number of primary amides is 1. The molecule has 1 saturated heterocycles. The van der Waals surface area contributed by atoms with E-state index in [0.717, 1.165) is 43.5 Å². The molecule has 0 spiro atoms. The molecule has 36 heavy (non-hydrogen) atoms. The van der Waals surface area contributed by atoms with Crippen LogP contribution < -0.4 is 10.5 Å². The second-order valence-electron chi connectivity index (χ2n) is 10.2. The zero-order valence-electron chi connectivity index (χ0n) is 20.4. The van der Waals surface area contributed by atoms with E-state index in [0.29, 0.717) is 17.2 Å². The molecule has 1 saturated carbocycles. The molecular weight excluding hydrogens is 472 g/mol. The Kier molecular flexibility index (Phi) is 6.96. The highest BCUT2D eigenvalue weighted by atomic mass is 35.5. The Morgan fingerprint density at radius 3 is 2.11 bits per heavy atom. The molecule has 0 atom stereocenters. The van der Waals surface area contributed by atoms with Crippen LogP contribution in [0.1, 0.15) is 49.7 Å². The third kappa shape index (κ3) is 4.58. The molecule has 0 bridgehead atoms. The van der Waals surface area contributed by atoms with Crippen molar-refractivity contribution >= 4 is 17.5 Å². The Labute approximate surface area is 217 Å². The van der Waals surface area contributed by atoms with Gasteiger partial charge in [-0.1, -0.05) is 85.1 Å². The second kappa shape index (κ2) is 10.2. The first-order valence-electron chi connectivity index (χ1n) is 12.7. The highest BCUT2D eigenvalue weighted by molar-refractivity contribution is 6.32. The number of aromatic hydroxyl groups is 1. The number of benzene rings is 3. The van der Waals surface area contributed by atoms with Crippen molar-refractivity contribution in [1.82, 2.24) is 4.90 Å². The van der Waals surface area contributed by atoms with Crippen molar-refractivity contribution in [1.29, 1.82) is 0 Å². The summed E-state index contributed by atoms with van der Waals surface area (Å²) in [6.45, 7) is 1.65. The minimum absolute atomic E-state index is 0.0298. The van der Waals surface area contributed by atoms with Crippen LogP contribution in [0.25, 0.3) is 0 Å². The summed E-state index contributed by atoms with van der Waals surface area (Å²) in [6, 6.07) is 25.0. The Balaban J connectivity index is 1.36. The molecule has 2 aliphatic rings. The van der Waals surface area contributed by atoms with Crippen LogP contribution in [0.4, 0.5) is 0 Å². The van der Waals surface area contributed by atoms with Crippen LogP contribution in [0.2, 0.25) is 5.02 Å². The van der Waals surface area contributed by atoms with Gasteiger partial charge in [-0.2, -0.15) is 0 Å². The molecule has 3 aromatic carbocycles. The third-order valence-electron chi connectivity index (χ3n) is 8.19. The second-order valence-corrected chi connectivity index (χ2v) is 10.6. The van der Waals surface area contributed by atoms with Gasteiger partial charge in [-0.25, -0.2) is 0 Å². The van der Waals surface area contributed by atoms with Crippen LogP contribution in [-0.4, -0.2) is 40.6 Å². The summed E-state index contributed by atoms with van der Waals surface area (Å²) in [4.78, 5) is 15.8. The van der Waals surface area contributed by atoms with Crippen LogP contribution in [-0.2, 0) is 10.2 Å². The van der Waals surface area contributed by atoms with Crippen molar-refractivity contribution in [2.75, 3.05) is 13.1 Å². The zero-order chi connectivity index (χ0) is 25.2. The lowest BCUT2D eigenvalue weighted by molar-refractivity contribution is -0.123. The first kappa shape index (κ1) is 24.7. The van der Waals surface area contributed by atoms with Gasteiger partial charge in [0.25, 0.3) is 0 Å². The van der Waals surface area contributed by atoms with Crippen LogP contribution >= 0.6 is 11.6 Å². The fraction of sp³-hybridized carbons (Fsp3) is 0.367. The van der Waals surface area contributed by atoms with E-state index in [-0.39, 0.29) is 23.3 Å². The molecule has 0 unspecified atom stereocenters. The number of rotatable bonds is 9. The van der Waals surface area contributed by atoms with E-state index < -0.39 is 5.41 Å². The van der Waals surface area contributed by atoms with Gasteiger partial charge < -0.3 is 15.6 Å². The largest absolute Gasteiger partial charge is 0.506 e. The molecule has 5 rings (SSSR count). The summed E-state index contributed by atoms with van der Waals surface area (Å²) in [5, 5.41) is 10.2. The van der Waals surface area contributed by atoms with Gasteiger partial charge in [0.15, 0.2) is 0 Å². The molecule has 6 heteroatoms. The van der Waals surface area contributed by atoms with E-state index in [9.17, 15) is 9.90 Å². The van der Waals surface area contributed by atoms with Crippen LogP contribution in [0.15, 0.2) is 78.9 Å². The molecule has 0 aromatic heterocycles. The maximum Gasteiger partial charge on any atom is 0.232 e. The van der Waals surface area contributed by atoms with Crippen molar-refractivity contribution < 1.29 is 14.6 Å². The predicted molar refractivity (Wildman–Crippen MR) is 142 cm³/mol. The summed E-state index contributed by atoms with van der Waals surface area (Å²) < 4.78 is 6.11. The van der Waals surface area contributed by atoms with Gasteiger partial charge >= 0.3 is 0 Å². The molecule has 0 radical (unpaired) electrons. The average molecular weight is 505 g/mol. The Bertz CT molecular complexity index is 1150. The van der Waals surface area contributed by atoms with Gasteiger partial charge in [0.2, 0.25) is 5.91 Å². The minimum atomic E-state index is -0.875. The number of ether oxygens (including phenoxy) is 1. The third-order valence-corrected chi connectivity index (χ3v) is 8.51. The number of phenolic OH excluding ortho intramolecular Hbond substituents is 1. The summed E-state index contributed by atoms with van der Waals surface area (Å²) >= 11 is 5.93. The molecule has 188 valence electrons. The van der Waals surface area contributed by atoms with Crippen molar-refractivity contribution in [2.24, 2.45) is 5.73 Å². The maximum atomic E-state index is 13.3. The molecule has 1 aliphatic heterocycles. The highest BCUT2D eigenvalue weighted by Crippen LogP contribution is 2.46. The minimum Gasteiger partial charge on any atom is -0.506 e. The van der Waals surface area contributed by atoms with Crippen LogP contribution in [0.3, 0.4) is 0 Å². The number of likely N-dealkylation sites (tertiary alicyclic amines) is 1. The van der Waals surface area contributed by atoms with Gasteiger partial charge in [-0.15, -0.1) is 0 Å². The number of nitrogens with zero attached hydrogens (tertiary/aromatic N) is 1. The first-order chi connectivity index (χ1) is 17.4. The number of hydrogen-bond donors (Lipinski definition) is 2. The number of halogens is 1. The van der Waals surface area contributed by atoms with Gasteiger partial charge in [0.1, 0.15) is 17.6 Å². The lowest BCUT2D eigenvalue weighted by Crippen LogP contribution is -2.63. The maximum absolute atomic E-state index is 13.3. The number of nitrogens with two attached hydrogens (primary N) is 1. The highest BCUT2D eigenvalue weighted by Gasteiger charge is 2.49. The lowest BCUT2D eigenvalue weighted by atomic mass is 9.68. The normalized spacial score (nSPS) is 18.0. The van der Waals surface area contributed by atoms with Crippen LogP contribution in [0, 0.1) is 0 Å². The Morgan fingerprint density at radius 1 is 1.00 bits per heavy atom. The number of carbonyl (C=O) groups is 1. The molecule has 1 amide bonds. The van der Waals surface area contributed by atoms with Gasteiger partial charge in [0.05, 0.1) is 10.4 Å². The summed E-state index contributed by atoms with van der Waals surface area (Å²) in [7, 11) is 0. The van der Waals surface area contributed by atoms with Crippen molar-refractivity contribution in [2.45, 2.75) is 55.6 Å². The van der Waals surface area contributed by atoms with Crippen LogP contribution in [0.5, 0.6) is 11.5 Å². The molecule has 2 fully saturated rings. The molecule has 3 aromatic rings. The predicted octanol–water partition coefficient (Wildman–Crippen LogP) is 5.67. The van der Waals surface area contributed by atoms with E-state index in [1.165, 1.54) is 12.8 Å². The topological polar surface area (TPSA) is 75.8 Å². The SMILES string of the molecule is NC(=O)C(CCC1(N2CC(Oc3ccc(Cl)c(O)c3)C2)CCCC1)(c1ccccc1)c1ccccc1. The van der Waals surface area contributed by atoms with E-state index in [1.807, 2.05) is 60.7 Å². The van der Waals surface area contributed by atoms with Gasteiger partial charge in [0, 0.05) is 24.7 Å². The molecular formula is C30H33ClN2O3. The molecule has 3 N–H and O–H groups in total. The average Bonchev–Trinajstić information content (AvgIpc) is 3.34. The standard InChI is InChI=1S/C30H33ClN2O3/c31-26-14-13-24(19-27(26)34)36-25-20-33(21-25)29(15-7-8-16-29)17-18-30(28(32)35,22-9-3-1-4-10-22)23-11-5-2-6-12-23/h1-6,9-14,19,25,34H,7-8,15-18,20-21H2,(H2,32,35). The Morgan fingerprint density at radius 2 is 1.58 bits per heavy atom. The first-order valence-corrected chi connectivity index (χ1v) is 13.1. The lowest BCUT2D eigenvalue weighted by Gasteiger charge is -2.51. The van der Waals surface area contributed by atoms with Gasteiger partial charge in [-0.05, 0) is 48.9 Å². The fourth-order valence-corrected chi connectivity index (χ4v) is 6.26. The quantitative estimate of drug-likeness (QED) is 0.393. The molecule has 1 heterocycles. The fourth-order valence-electron chi connectivity index (χ4n) is 6.14. The number of amides is 1. The number of carbonyl (C=O) groups excluding carboxylic acids is 1. The number of hydrogen-bond acceptors (Lipinski definition) is 4. The summed E-state index contributed by atoms with van der Waals surface area (Å²) in [5.74, 6) is 0.352. The summed E-state index contributed by atoms with van der Waals surface area (Å²) in [6.07, 6.45) is 6.20. The number of phenols is 1. The van der Waals surface area contributed by atoms with E-state index in [4.69, 9.17) is 22.1 Å². The zero-order valence-corrected chi connectivity index (χ0v) is 21.2. The van der Waals surface area contributed by atoms with Gasteiger partial charge in [-0.3, -0.25) is 9.69 Å². The smallest absolute Gasteiger partial charge is 0.232 e. The van der Waals surface area contributed by atoms with E-state index in [2.05, 4.69) is 4.90 Å².